The summed E-state index contributed by atoms with van der Waals surface area (Å²) in [6.07, 6.45) is -0.547. The summed E-state index contributed by atoms with van der Waals surface area (Å²) in [4.78, 5) is 43.8. The Hall–Kier alpha value is -1.72. The molecule has 6 heteroatoms. The summed E-state index contributed by atoms with van der Waals surface area (Å²) in [6.45, 7) is 3.38. The van der Waals surface area contributed by atoms with Crippen molar-refractivity contribution in [2.24, 2.45) is 0 Å². The highest BCUT2D eigenvalue weighted by molar-refractivity contribution is 6.62. The highest BCUT2D eigenvalue weighted by Crippen LogP contribution is 1.97. The minimum atomic E-state index is -1.23. The molecule has 0 saturated heterocycles. The molecule has 0 rings (SSSR count). The highest BCUT2D eigenvalue weighted by Gasteiger charge is 2.24. The average Bonchev–Trinajstić information content (AvgIpc) is 2.25. The van der Waals surface area contributed by atoms with E-state index in [1.165, 1.54) is 6.92 Å². The van der Waals surface area contributed by atoms with Gasteiger partial charge in [-0.1, -0.05) is 0 Å². The first kappa shape index (κ1) is 14.3. The van der Waals surface area contributed by atoms with E-state index in [0.29, 0.717) is 0 Å². The van der Waals surface area contributed by atoms with E-state index in [4.69, 9.17) is 0 Å². The predicted molar refractivity (Wildman–Crippen MR) is 52.5 cm³/mol. The third kappa shape index (κ3) is 5.23. The zero-order valence-electron chi connectivity index (χ0n) is 9.28. The maximum atomic E-state index is 11.1. The van der Waals surface area contributed by atoms with Crippen LogP contribution in [0.25, 0.3) is 0 Å². The number of ether oxygens (including phenoxy) is 2. The molecule has 0 amide bonds. The summed E-state index contributed by atoms with van der Waals surface area (Å²) in [6, 6.07) is 0. The first-order chi connectivity index (χ1) is 7.52. The van der Waals surface area contributed by atoms with E-state index >= 15 is 0 Å². The molecule has 0 fully saturated rings. The number of rotatable bonds is 7. The molecule has 0 aliphatic rings. The van der Waals surface area contributed by atoms with Crippen LogP contribution in [0.3, 0.4) is 0 Å². The normalized spacial score (nSPS) is 9.38. The Morgan fingerprint density at radius 1 is 0.875 bits per heavy atom. The van der Waals surface area contributed by atoms with Crippen molar-refractivity contribution >= 4 is 23.5 Å². The summed E-state index contributed by atoms with van der Waals surface area (Å²) in [5.41, 5.74) is 0. The van der Waals surface area contributed by atoms with Crippen LogP contribution in [-0.2, 0) is 28.7 Å². The summed E-state index contributed by atoms with van der Waals surface area (Å²) in [7, 11) is 0. The molecule has 90 valence electrons. The largest absolute Gasteiger partial charge is 0.466 e. The zero-order chi connectivity index (χ0) is 12.6. The topological polar surface area (TPSA) is 86.7 Å². The van der Waals surface area contributed by atoms with Gasteiger partial charge in [-0.15, -0.1) is 0 Å². The molecule has 0 N–H and O–H groups in total. The van der Waals surface area contributed by atoms with Crippen LogP contribution in [0, 0.1) is 0 Å². The van der Waals surface area contributed by atoms with Gasteiger partial charge in [0.05, 0.1) is 19.6 Å². The molecule has 0 aliphatic carbocycles. The first-order valence-corrected chi connectivity index (χ1v) is 4.92. The van der Waals surface area contributed by atoms with Crippen molar-refractivity contribution in [3.8, 4) is 0 Å². The van der Waals surface area contributed by atoms with Crippen LogP contribution in [0.1, 0.15) is 26.7 Å². The minimum absolute atomic E-state index is 0.0235. The number of ketones is 2. The monoisotopic (exact) mass is 230 g/mol. The Bertz CT molecular complexity index is 294. The zero-order valence-corrected chi connectivity index (χ0v) is 9.28. The van der Waals surface area contributed by atoms with Crippen molar-refractivity contribution in [1.82, 2.24) is 0 Å². The number of carbonyl (C=O) groups is 4. The van der Waals surface area contributed by atoms with Crippen LogP contribution in [0.15, 0.2) is 0 Å². The van der Waals surface area contributed by atoms with E-state index in [2.05, 4.69) is 9.47 Å². The Morgan fingerprint density at radius 2 is 1.44 bits per heavy atom. The van der Waals surface area contributed by atoms with Gasteiger partial charge in [0.1, 0.15) is 0 Å². The van der Waals surface area contributed by atoms with Crippen molar-refractivity contribution in [2.45, 2.75) is 26.7 Å². The van der Waals surface area contributed by atoms with E-state index in [1.54, 1.807) is 6.92 Å². The quantitative estimate of drug-likeness (QED) is 0.348. The van der Waals surface area contributed by atoms with Gasteiger partial charge in [0.2, 0.25) is 5.78 Å². The lowest BCUT2D eigenvalue weighted by atomic mass is 10.1. The molecular formula is C10H14O6. The van der Waals surface area contributed by atoms with Gasteiger partial charge in [-0.3, -0.25) is 14.4 Å². The van der Waals surface area contributed by atoms with E-state index < -0.39 is 23.5 Å². The van der Waals surface area contributed by atoms with Gasteiger partial charge in [0.25, 0.3) is 0 Å². The summed E-state index contributed by atoms with van der Waals surface area (Å²) >= 11 is 0. The van der Waals surface area contributed by atoms with Gasteiger partial charge in [-0.05, 0) is 13.8 Å². The molecule has 0 spiro atoms. The van der Waals surface area contributed by atoms with Gasteiger partial charge in [-0.25, -0.2) is 4.79 Å². The second-order valence-electron chi connectivity index (χ2n) is 2.78. The Labute approximate surface area is 92.9 Å². The molecule has 16 heavy (non-hydrogen) atoms. The van der Waals surface area contributed by atoms with Crippen LogP contribution < -0.4 is 0 Å². The third-order valence-electron chi connectivity index (χ3n) is 1.58. The molecule has 0 heterocycles. The minimum Gasteiger partial charge on any atom is -0.466 e. The fourth-order valence-electron chi connectivity index (χ4n) is 0.873. The fourth-order valence-corrected chi connectivity index (χ4v) is 0.873. The lowest BCUT2D eigenvalue weighted by Gasteiger charge is -2.01. The second-order valence-corrected chi connectivity index (χ2v) is 2.78. The standard InChI is InChI=1S/C10H14O6/c1-3-15-8(12)6-5-7(11)9(13)10(14)16-4-2/h3-6H2,1-2H3. The molecule has 0 atom stereocenters. The number of esters is 2. The van der Waals surface area contributed by atoms with Gasteiger partial charge in [0, 0.05) is 6.42 Å². The first-order valence-electron chi connectivity index (χ1n) is 4.92. The third-order valence-corrected chi connectivity index (χ3v) is 1.58. The molecule has 6 nitrogen and oxygen atoms in total. The molecule has 0 aromatic heterocycles. The van der Waals surface area contributed by atoms with Gasteiger partial charge < -0.3 is 9.47 Å². The molecular weight excluding hydrogens is 216 g/mol. The number of hydrogen-bond acceptors (Lipinski definition) is 6. The molecule has 0 radical (unpaired) electrons. The highest BCUT2D eigenvalue weighted by atomic mass is 16.5. The van der Waals surface area contributed by atoms with Crippen LogP contribution in [0.4, 0.5) is 0 Å². The van der Waals surface area contributed by atoms with Crippen molar-refractivity contribution in [2.75, 3.05) is 13.2 Å². The number of Topliss-reactive ketones (excluding diaryl/α,β-unsaturated/α-hetero) is 2. The van der Waals surface area contributed by atoms with E-state index in [0.717, 1.165) is 0 Å². The maximum absolute atomic E-state index is 11.1. The van der Waals surface area contributed by atoms with E-state index in [1.807, 2.05) is 0 Å². The van der Waals surface area contributed by atoms with E-state index in [-0.39, 0.29) is 26.1 Å². The van der Waals surface area contributed by atoms with Crippen molar-refractivity contribution < 1.29 is 28.7 Å². The summed E-state index contributed by atoms with van der Waals surface area (Å²) in [5.74, 6) is -3.93. The summed E-state index contributed by atoms with van der Waals surface area (Å²) in [5, 5.41) is 0. The Morgan fingerprint density at radius 3 is 1.94 bits per heavy atom. The van der Waals surface area contributed by atoms with Crippen LogP contribution in [0.5, 0.6) is 0 Å². The lowest BCUT2D eigenvalue weighted by molar-refractivity contribution is -0.157. The maximum Gasteiger partial charge on any atom is 0.382 e. The molecule has 0 saturated carbocycles. The van der Waals surface area contributed by atoms with Gasteiger partial charge in [-0.2, -0.15) is 0 Å². The van der Waals surface area contributed by atoms with Crippen molar-refractivity contribution in [1.29, 1.82) is 0 Å². The Balaban J connectivity index is 4.02. The summed E-state index contributed by atoms with van der Waals surface area (Å²) < 4.78 is 8.91. The van der Waals surface area contributed by atoms with Crippen molar-refractivity contribution in [3.63, 3.8) is 0 Å². The SMILES string of the molecule is CCOC(=O)CCC(=O)C(=O)C(=O)OCC. The average molecular weight is 230 g/mol. The predicted octanol–water partition coefficient (Wildman–Crippen LogP) is 0.0310. The number of hydrogen-bond donors (Lipinski definition) is 0. The fraction of sp³-hybridized carbons (Fsp3) is 0.600. The molecule has 0 aromatic carbocycles. The second kappa shape index (κ2) is 7.56. The van der Waals surface area contributed by atoms with Crippen LogP contribution >= 0.6 is 0 Å². The molecule has 0 bridgehead atoms. The van der Waals surface area contributed by atoms with Crippen LogP contribution in [0.2, 0.25) is 0 Å². The van der Waals surface area contributed by atoms with Gasteiger partial charge in [0.15, 0.2) is 0 Å². The van der Waals surface area contributed by atoms with Gasteiger partial charge >= 0.3 is 17.7 Å². The smallest absolute Gasteiger partial charge is 0.382 e. The molecule has 0 unspecified atom stereocenters. The van der Waals surface area contributed by atoms with Crippen LogP contribution in [-0.4, -0.2) is 36.7 Å². The molecule has 0 aromatic rings. The van der Waals surface area contributed by atoms with E-state index in [9.17, 15) is 19.2 Å². The number of carbonyl (C=O) groups excluding carboxylic acids is 4. The Kier molecular flexibility index (Phi) is 6.74. The lowest BCUT2D eigenvalue weighted by Crippen LogP contribution is -2.26. The molecule has 0 aliphatic heterocycles. The van der Waals surface area contributed by atoms with Crippen molar-refractivity contribution in [3.05, 3.63) is 0 Å².